The number of hydrogen-bond acceptors (Lipinski definition) is 8. The predicted molar refractivity (Wildman–Crippen MR) is 143 cm³/mol. The topological polar surface area (TPSA) is 100 Å². The van der Waals surface area contributed by atoms with Gasteiger partial charge in [0.25, 0.3) is 5.56 Å². The predicted octanol–water partition coefficient (Wildman–Crippen LogP) is 4.11. The van der Waals surface area contributed by atoms with Crippen molar-refractivity contribution in [1.29, 1.82) is 0 Å². The molecule has 0 bridgehead atoms. The Morgan fingerprint density at radius 1 is 1.03 bits per heavy atom. The molecule has 192 valence electrons. The van der Waals surface area contributed by atoms with Crippen LogP contribution in [0.3, 0.4) is 0 Å². The maximum atomic E-state index is 13.7. The summed E-state index contributed by atoms with van der Waals surface area (Å²) in [5.74, 6) is -0.0527. The minimum absolute atomic E-state index is 0.233. The molecule has 3 heterocycles. The van der Waals surface area contributed by atoms with Gasteiger partial charge in [-0.25, -0.2) is 14.6 Å². The molecule has 1 aliphatic heterocycles. The van der Waals surface area contributed by atoms with Gasteiger partial charge < -0.3 is 13.9 Å². The lowest BCUT2D eigenvalue weighted by Crippen LogP contribution is -2.39. The fourth-order valence-corrected chi connectivity index (χ4v) is 5.55. The third kappa shape index (κ3) is 4.51. The average molecular weight is 549 g/mol. The van der Waals surface area contributed by atoms with Crippen molar-refractivity contribution >= 4 is 41.0 Å². The van der Waals surface area contributed by atoms with Gasteiger partial charge in [-0.1, -0.05) is 47.2 Å². The van der Waals surface area contributed by atoms with Crippen LogP contribution < -0.4 is 14.9 Å². The molecule has 0 fully saturated rings. The van der Waals surface area contributed by atoms with E-state index < -0.39 is 18.0 Å². The van der Waals surface area contributed by atoms with E-state index in [1.807, 2.05) is 18.2 Å². The Kier molecular flexibility index (Phi) is 6.88. The number of benzene rings is 2. The quantitative estimate of drug-likeness (QED) is 0.348. The highest BCUT2D eigenvalue weighted by Crippen LogP contribution is 2.31. The van der Waals surface area contributed by atoms with E-state index in [1.165, 1.54) is 30.1 Å². The standard InChI is InChI=1S/C28H21ClN2O6S/c1-15-23(27(34)36-3)24(16-8-10-17(11-9-16)26(33)35-2)31-25(32)22(38-28(31)30-15)14-18-12-13-21(37-18)19-6-4-5-7-20(19)29/h4-14,24H,1-3H3/b22-14+/t24-/m1/s1. The van der Waals surface area contributed by atoms with E-state index in [4.69, 9.17) is 25.5 Å². The number of rotatable bonds is 5. The van der Waals surface area contributed by atoms with Crippen LogP contribution in [0.2, 0.25) is 5.02 Å². The van der Waals surface area contributed by atoms with Gasteiger partial charge >= 0.3 is 11.9 Å². The maximum absolute atomic E-state index is 13.7. The van der Waals surface area contributed by atoms with Gasteiger partial charge in [0.15, 0.2) is 4.80 Å². The third-order valence-corrected chi connectivity index (χ3v) is 7.43. The molecular formula is C28H21ClN2O6S. The van der Waals surface area contributed by atoms with Crippen LogP contribution in [-0.2, 0) is 14.3 Å². The molecule has 0 unspecified atom stereocenters. The number of fused-ring (bicyclic) bond motifs is 1. The number of esters is 2. The molecule has 10 heteroatoms. The third-order valence-electron chi connectivity index (χ3n) is 6.11. The number of halogens is 1. The average Bonchev–Trinajstić information content (AvgIpc) is 3.51. The molecule has 0 spiro atoms. The van der Waals surface area contributed by atoms with Gasteiger partial charge in [-0.2, -0.15) is 0 Å². The Hall–Kier alpha value is -4.21. The summed E-state index contributed by atoms with van der Waals surface area (Å²) in [6.07, 6.45) is 1.64. The lowest BCUT2D eigenvalue weighted by Gasteiger charge is -2.24. The number of furan rings is 1. The molecule has 0 saturated heterocycles. The number of carbonyl (C=O) groups is 2. The molecule has 2 aromatic carbocycles. The lowest BCUT2D eigenvalue weighted by atomic mass is 9.95. The van der Waals surface area contributed by atoms with E-state index in [0.29, 0.717) is 42.7 Å². The highest BCUT2D eigenvalue weighted by atomic mass is 35.5. The summed E-state index contributed by atoms with van der Waals surface area (Å²) in [6.45, 7) is 1.70. The molecule has 0 amide bonds. The molecule has 0 aliphatic carbocycles. The van der Waals surface area contributed by atoms with Gasteiger partial charge in [0.05, 0.1) is 46.7 Å². The molecule has 0 saturated carbocycles. The van der Waals surface area contributed by atoms with Gasteiger partial charge in [0.1, 0.15) is 11.5 Å². The van der Waals surface area contributed by atoms with Crippen LogP contribution >= 0.6 is 22.9 Å². The van der Waals surface area contributed by atoms with Crippen LogP contribution in [0.5, 0.6) is 0 Å². The number of allylic oxidation sites excluding steroid dienone is 1. The fraction of sp³-hybridized carbons (Fsp3) is 0.143. The summed E-state index contributed by atoms with van der Waals surface area (Å²) in [4.78, 5) is 43.4. The molecule has 5 rings (SSSR count). The van der Waals surface area contributed by atoms with E-state index >= 15 is 0 Å². The minimum Gasteiger partial charge on any atom is -0.466 e. The van der Waals surface area contributed by atoms with Crippen LogP contribution in [0.25, 0.3) is 17.4 Å². The van der Waals surface area contributed by atoms with Crippen molar-refractivity contribution in [2.45, 2.75) is 13.0 Å². The zero-order valence-electron chi connectivity index (χ0n) is 20.6. The molecule has 4 aromatic rings. The number of carbonyl (C=O) groups excluding carboxylic acids is 2. The number of thiazole rings is 1. The minimum atomic E-state index is -0.803. The van der Waals surface area contributed by atoms with Crippen molar-refractivity contribution in [3.8, 4) is 11.3 Å². The number of aromatic nitrogens is 1. The van der Waals surface area contributed by atoms with Crippen LogP contribution in [0.4, 0.5) is 0 Å². The molecule has 1 atom stereocenters. The van der Waals surface area contributed by atoms with Crippen molar-refractivity contribution in [2.24, 2.45) is 4.99 Å². The summed E-state index contributed by atoms with van der Waals surface area (Å²) in [5, 5.41) is 0.553. The van der Waals surface area contributed by atoms with Gasteiger partial charge in [0.2, 0.25) is 0 Å². The van der Waals surface area contributed by atoms with E-state index in [2.05, 4.69) is 4.99 Å². The van der Waals surface area contributed by atoms with Gasteiger partial charge in [-0.3, -0.25) is 9.36 Å². The van der Waals surface area contributed by atoms with Crippen LogP contribution in [0.15, 0.2) is 86.1 Å². The SMILES string of the molecule is COC(=O)C1=C(C)N=c2s/c(=C/c3ccc(-c4ccccc4Cl)o3)c(=O)n2[C@@H]1c1ccc(C(=O)OC)cc1. The molecule has 0 N–H and O–H groups in total. The highest BCUT2D eigenvalue weighted by molar-refractivity contribution is 7.07. The summed E-state index contributed by atoms with van der Waals surface area (Å²) in [6, 6.07) is 16.6. The van der Waals surface area contributed by atoms with Crippen LogP contribution in [0.1, 0.15) is 34.6 Å². The van der Waals surface area contributed by atoms with Gasteiger partial charge in [-0.05, 0) is 48.9 Å². The van der Waals surface area contributed by atoms with Crippen LogP contribution in [0, 0.1) is 0 Å². The fourth-order valence-electron chi connectivity index (χ4n) is 4.29. The van der Waals surface area contributed by atoms with Crippen LogP contribution in [-0.4, -0.2) is 30.7 Å². The number of nitrogens with zero attached hydrogens (tertiary/aromatic N) is 2. The zero-order valence-corrected chi connectivity index (χ0v) is 22.1. The molecule has 8 nitrogen and oxygen atoms in total. The smallest absolute Gasteiger partial charge is 0.338 e. The summed E-state index contributed by atoms with van der Waals surface area (Å²) in [7, 11) is 2.57. The summed E-state index contributed by atoms with van der Waals surface area (Å²) in [5.41, 5.74) is 2.02. The number of hydrogen-bond donors (Lipinski definition) is 0. The summed E-state index contributed by atoms with van der Waals surface area (Å²) < 4.78 is 17.6. The first kappa shape index (κ1) is 25.4. The van der Waals surface area contributed by atoms with E-state index in [0.717, 1.165) is 5.56 Å². The lowest BCUT2D eigenvalue weighted by molar-refractivity contribution is -0.136. The first-order valence-corrected chi connectivity index (χ1v) is 12.7. The largest absolute Gasteiger partial charge is 0.466 e. The second-order valence-electron chi connectivity index (χ2n) is 8.37. The molecule has 1 aliphatic rings. The molecule has 2 aromatic heterocycles. The Bertz CT molecular complexity index is 1780. The first-order valence-electron chi connectivity index (χ1n) is 11.5. The molecular weight excluding hydrogens is 528 g/mol. The van der Waals surface area contributed by atoms with Crippen molar-refractivity contribution in [1.82, 2.24) is 4.57 Å². The second-order valence-corrected chi connectivity index (χ2v) is 9.79. The first-order chi connectivity index (χ1) is 18.3. The Balaban J connectivity index is 1.63. The Morgan fingerprint density at radius 2 is 1.74 bits per heavy atom. The van der Waals surface area contributed by atoms with E-state index in [-0.39, 0.29) is 11.1 Å². The second kappa shape index (κ2) is 10.3. The van der Waals surface area contributed by atoms with Crippen molar-refractivity contribution in [3.63, 3.8) is 0 Å². The Morgan fingerprint density at radius 3 is 2.42 bits per heavy atom. The van der Waals surface area contributed by atoms with E-state index in [1.54, 1.807) is 55.5 Å². The monoisotopic (exact) mass is 548 g/mol. The number of ether oxygens (including phenoxy) is 2. The molecule has 38 heavy (non-hydrogen) atoms. The number of methoxy groups -OCH3 is 2. The summed E-state index contributed by atoms with van der Waals surface area (Å²) >= 11 is 7.48. The van der Waals surface area contributed by atoms with Gasteiger partial charge in [0, 0.05) is 11.6 Å². The van der Waals surface area contributed by atoms with Crippen molar-refractivity contribution in [2.75, 3.05) is 14.2 Å². The van der Waals surface area contributed by atoms with Gasteiger partial charge in [-0.15, -0.1) is 0 Å². The zero-order chi connectivity index (χ0) is 27.0. The maximum Gasteiger partial charge on any atom is 0.338 e. The van der Waals surface area contributed by atoms with Crippen molar-refractivity contribution < 1.29 is 23.5 Å². The van der Waals surface area contributed by atoms with Crippen molar-refractivity contribution in [3.05, 3.63) is 114 Å². The highest BCUT2D eigenvalue weighted by Gasteiger charge is 2.33. The van der Waals surface area contributed by atoms with E-state index in [9.17, 15) is 14.4 Å². The normalized spacial score (nSPS) is 15.2. The molecule has 0 radical (unpaired) electrons. The Labute approximate surface area is 225 Å².